The maximum absolute atomic E-state index is 10.7. The van der Waals surface area contributed by atoms with Crippen molar-refractivity contribution in [2.75, 3.05) is 5.49 Å². The molecule has 0 saturated heterocycles. The van der Waals surface area contributed by atoms with E-state index in [0.717, 1.165) is 17.0 Å². The molecule has 0 fully saturated rings. The van der Waals surface area contributed by atoms with Gasteiger partial charge < -0.3 is 9.79 Å². The summed E-state index contributed by atoms with van der Waals surface area (Å²) in [5.41, 5.74) is 2.31. The van der Waals surface area contributed by atoms with Crippen LogP contribution in [0.5, 0.6) is 0 Å². The maximum atomic E-state index is 10.7. The first-order chi connectivity index (χ1) is 7.96. The molecule has 92 valence electrons. The van der Waals surface area contributed by atoms with E-state index in [0.29, 0.717) is 5.75 Å². The number of fused-ring (bicyclic) bond motifs is 1. The van der Waals surface area contributed by atoms with Gasteiger partial charge in [0.2, 0.25) is 0 Å². The number of rotatable bonds is 4. The van der Waals surface area contributed by atoms with E-state index in [-0.39, 0.29) is 5.49 Å². The van der Waals surface area contributed by atoms with Crippen molar-refractivity contribution in [3.8, 4) is 0 Å². The van der Waals surface area contributed by atoms with E-state index >= 15 is 0 Å². The van der Waals surface area contributed by atoms with Crippen LogP contribution in [0.3, 0.4) is 0 Å². The molecular weight excluding hydrogens is 261 g/mol. The van der Waals surface area contributed by atoms with Gasteiger partial charge in [-0.15, -0.1) is 11.8 Å². The zero-order valence-electron chi connectivity index (χ0n) is 9.15. The fourth-order valence-corrected chi connectivity index (χ4v) is 3.22. The van der Waals surface area contributed by atoms with Crippen molar-refractivity contribution in [2.45, 2.75) is 12.7 Å². The molecule has 0 amide bonds. The molecule has 0 radical (unpaired) electrons. The molecule has 0 spiro atoms. The zero-order valence-corrected chi connectivity index (χ0v) is 10.9. The quantitative estimate of drug-likeness (QED) is 0.819. The molecule has 17 heavy (non-hydrogen) atoms. The average Bonchev–Trinajstić information content (AvgIpc) is 2.63. The van der Waals surface area contributed by atoms with Crippen LogP contribution in [0.25, 0.3) is 5.65 Å². The van der Waals surface area contributed by atoms with Crippen LogP contribution in [0.15, 0.2) is 18.3 Å². The molecule has 6 nitrogen and oxygen atoms in total. The molecule has 0 saturated carbocycles. The highest BCUT2D eigenvalue weighted by molar-refractivity contribution is 8.03. The Hall–Kier alpha value is -0.880. The van der Waals surface area contributed by atoms with E-state index in [4.69, 9.17) is 9.79 Å². The lowest BCUT2D eigenvalue weighted by molar-refractivity contribution is 0.379. The first-order valence-corrected chi connectivity index (χ1v) is 7.83. The Kier molecular flexibility index (Phi) is 3.53. The number of aromatic nitrogens is 3. The van der Waals surface area contributed by atoms with Gasteiger partial charge in [-0.2, -0.15) is 5.10 Å². The number of hydrogen-bond acceptors (Lipinski definition) is 4. The molecule has 0 aliphatic carbocycles. The van der Waals surface area contributed by atoms with Crippen LogP contribution >= 0.6 is 19.4 Å². The van der Waals surface area contributed by atoms with Crippen molar-refractivity contribution in [3.05, 3.63) is 29.7 Å². The monoisotopic (exact) mass is 273 g/mol. The second-order valence-electron chi connectivity index (χ2n) is 3.63. The minimum absolute atomic E-state index is 0.183. The zero-order chi connectivity index (χ0) is 12.5. The lowest BCUT2D eigenvalue weighted by Crippen LogP contribution is -2.00. The third-order valence-electron chi connectivity index (χ3n) is 2.07. The minimum Gasteiger partial charge on any atom is -0.324 e. The highest BCUT2D eigenvalue weighted by Gasteiger charge is 2.13. The molecule has 2 N–H and O–H groups in total. The summed E-state index contributed by atoms with van der Waals surface area (Å²) < 4.78 is 12.4. The van der Waals surface area contributed by atoms with Crippen LogP contribution in [-0.4, -0.2) is 29.9 Å². The van der Waals surface area contributed by atoms with Crippen LogP contribution < -0.4 is 0 Å². The normalized spacial score (nSPS) is 12.2. The van der Waals surface area contributed by atoms with Gasteiger partial charge in [-0.3, -0.25) is 4.57 Å². The minimum atomic E-state index is -3.94. The first kappa shape index (κ1) is 12.6. The summed E-state index contributed by atoms with van der Waals surface area (Å²) >= 11 is 1.19. The number of aryl methyl sites for hydroxylation is 1. The molecule has 0 unspecified atom stereocenters. The predicted octanol–water partition coefficient (Wildman–Crippen LogP) is 1.41. The summed E-state index contributed by atoms with van der Waals surface area (Å²) in [6.07, 6.45) is 1.65. The molecule has 0 bridgehead atoms. The third kappa shape index (κ3) is 3.29. The lowest BCUT2D eigenvalue weighted by Gasteiger charge is -2.06. The van der Waals surface area contributed by atoms with Crippen molar-refractivity contribution >= 4 is 25.0 Å². The fourth-order valence-electron chi connectivity index (χ4n) is 1.49. The molecule has 0 aromatic carbocycles. The highest BCUT2D eigenvalue weighted by Crippen LogP contribution is 2.39. The van der Waals surface area contributed by atoms with E-state index in [1.807, 2.05) is 13.0 Å². The Balaban J connectivity index is 2.18. The van der Waals surface area contributed by atoms with Gasteiger partial charge in [0.1, 0.15) is 0 Å². The number of hydrogen-bond donors (Lipinski definition) is 2. The topological polar surface area (TPSA) is 87.7 Å². The predicted molar refractivity (Wildman–Crippen MR) is 65.9 cm³/mol. The third-order valence-corrected chi connectivity index (χ3v) is 4.65. The molecule has 2 aromatic heterocycles. The van der Waals surface area contributed by atoms with E-state index in [9.17, 15) is 4.57 Å². The SMILES string of the molecule is Cc1cc(CSCP(=O)(O)O)n2nccc2n1. The van der Waals surface area contributed by atoms with Crippen LogP contribution in [-0.2, 0) is 10.3 Å². The first-order valence-electron chi connectivity index (χ1n) is 4.88. The van der Waals surface area contributed by atoms with E-state index in [2.05, 4.69) is 10.1 Å². The van der Waals surface area contributed by atoms with Gasteiger partial charge in [0.25, 0.3) is 0 Å². The Bertz CT molecular complexity index is 580. The van der Waals surface area contributed by atoms with Gasteiger partial charge in [-0.25, -0.2) is 9.50 Å². The Labute approximate surface area is 102 Å². The largest absolute Gasteiger partial charge is 0.335 e. The van der Waals surface area contributed by atoms with Gasteiger partial charge in [0, 0.05) is 17.5 Å². The van der Waals surface area contributed by atoms with Gasteiger partial charge in [0.05, 0.1) is 17.4 Å². The van der Waals surface area contributed by atoms with Crippen LogP contribution in [0.2, 0.25) is 0 Å². The Morgan fingerprint density at radius 1 is 1.53 bits per heavy atom. The molecule has 0 atom stereocenters. The molecule has 2 aromatic rings. The van der Waals surface area contributed by atoms with Crippen LogP contribution in [0.4, 0.5) is 0 Å². The molecule has 8 heteroatoms. The van der Waals surface area contributed by atoms with Gasteiger partial charge in [-0.1, -0.05) is 0 Å². The lowest BCUT2D eigenvalue weighted by atomic mass is 10.3. The van der Waals surface area contributed by atoms with Crippen molar-refractivity contribution in [1.82, 2.24) is 14.6 Å². The molecule has 2 rings (SSSR count). The van der Waals surface area contributed by atoms with Crippen molar-refractivity contribution in [2.24, 2.45) is 0 Å². The Morgan fingerprint density at radius 2 is 2.29 bits per heavy atom. The smallest absolute Gasteiger partial charge is 0.324 e. The number of thioether (sulfide) groups is 1. The van der Waals surface area contributed by atoms with E-state index < -0.39 is 7.60 Å². The average molecular weight is 273 g/mol. The van der Waals surface area contributed by atoms with Crippen molar-refractivity contribution in [1.29, 1.82) is 0 Å². The highest BCUT2D eigenvalue weighted by atomic mass is 32.2. The second-order valence-corrected chi connectivity index (χ2v) is 6.69. The standard InChI is InChI=1S/C9H12N3O3PS/c1-7-4-8(5-17-6-16(13,14)15)12-9(11-7)2-3-10-12/h2-4H,5-6H2,1H3,(H2,13,14,15). The number of nitrogens with zero attached hydrogens (tertiary/aromatic N) is 3. The molecule has 2 heterocycles. The van der Waals surface area contributed by atoms with Gasteiger partial charge in [-0.05, 0) is 13.0 Å². The summed E-state index contributed by atoms with van der Waals surface area (Å²) in [7, 11) is -3.94. The van der Waals surface area contributed by atoms with Crippen molar-refractivity contribution in [3.63, 3.8) is 0 Å². The maximum Gasteiger partial charge on any atom is 0.335 e. The summed E-state index contributed by atoms with van der Waals surface area (Å²) in [5.74, 6) is 0.493. The Morgan fingerprint density at radius 3 is 3.00 bits per heavy atom. The van der Waals surface area contributed by atoms with Gasteiger partial charge >= 0.3 is 7.60 Å². The second kappa shape index (κ2) is 4.78. The van der Waals surface area contributed by atoms with Gasteiger partial charge in [0.15, 0.2) is 5.65 Å². The molecule has 0 aliphatic heterocycles. The van der Waals surface area contributed by atoms with Crippen LogP contribution in [0.1, 0.15) is 11.4 Å². The van der Waals surface area contributed by atoms with E-state index in [1.165, 1.54) is 11.8 Å². The van der Waals surface area contributed by atoms with Crippen molar-refractivity contribution < 1.29 is 14.4 Å². The van der Waals surface area contributed by atoms with E-state index in [1.54, 1.807) is 16.8 Å². The summed E-state index contributed by atoms with van der Waals surface area (Å²) in [4.78, 5) is 21.8. The van der Waals surface area contributed by atoms with Crippen LogP contribution in [0, 0.1) is 6.92 Å². The summed E-state index contributed by atoms with van der Waals surface area (Å²) in [5, 5.41) is 4.12. The molecular formula is C9H12N3O3PS. The molecule has 0 aliphatic rings. The summed E-state index contributed by atoms with van der Waals surface area (Å²) in [6.45, 7) is 1.88. The summed E-state index contributed by atoms with van der Waals surface area (Å²) in [6, 6.07) is 3.66. The fraction of sp³-hybridized carbons (Fsp3) is 0.333.